The van der Waals surface area contributed by atoms with Crippen LogP contribution in [-0.2, 0) is 0 Å². The van der Waals surface area contributed by atoms with Crippen LogP contribution in [0.15, 0.2) is 23.8 Å². The molecule has 0 radical (unpaired) electrons. The largest absolute Gasteiger partial charge is 0.392 e. The number of hydrogen-bond acceptors (Lipinski definition) is 2. The van der Waals surface area contributed by atoms with Crippen LogP contribution < -0.4 is 0 Å². The Morgan fingerprint density at radius 3 is 2.75 bits per heavy atom. The Labute approximate surface area is 98.6 Å². The first-order chi connectivity index (χ1) is 7.58. The van der Waals surface area contributed by atoms with Gasteiger partial charge in [0, 0.05) is 19.1 Å². The second kappa shape index (κ2) is 4.72. The Hall–Kier alpha value is -0.600. The molecule has 2 aliphatic rings. The highest BCUT2D eigenvalue weighted by Gasteiger charge is 2.31. The minimum atomic E-state index is -0.117. The van der Waals surface area contributed by atoms with E-state index in [0.29, 0.717) is 17.9 Å². The lowest BCUT2D eigenvalue weighted by atomic mass is 9.88. The predicted molar refractivity (Wildman–Crippen MR) is 67.2 cm³/mol. The Bertz CT molecular complexity index is 308. The molecule has 0 amide bonds. The van der Waals surface area contributed by atoms with E-state index >= 15 is 0 Å². The van der Waals surface area contributed by atoms with Gasteiger partial charge in [0.2, 0.25) is 0 Å². The van der Waals surface area contributed by atoms with Gasteiger partial charge in [-0.2, -0.15) is 0 Å². The highest BCUT2D eigenvalue weighted by molar-refractivity contribution is 5.23. The van der Waals surface area contributed by atoms with Crippen LogP contribution >= 0.6 is 0 Å². The number of β-amino-alcohol motifs (C(OH)–C–C–N with tert-alkyl or cyclic N) is 1. The maximum absolute atomic E-state index is 9.63. The summed E-state index contributed by atoms with van der Waals surface area (Å²) in [5.74, 6) is 1.23. The van der Waals surface area contributed by atoms with E-state index in [9.17, 15) is 5.11 Å². The van der Waals surface area contributed by atoms with Crippen LogP contribution in [0.4, 0.5) is 0 Å². The molecule has 16 heavy (non-hydrogen) atoms. The molecule has 90 valence electrons. The van der Waals surface area contributed by atoms with Crippen LogP contribution in [0.3, 0.4) is 0 Å². The first-order valence-electron chi connectivity index (χ1n) is 6.36. The van der Waals surface area contributed by atoms with Crippen LogP contribution in [-0.4, -0.2) is 35.2 Å². The Morgan fingerprint density at radius 1 is 1.38 bits per heavy atom. The van der Waals surface area contributed by atoms with Crippen molar-refractivity contribution in [1.82, 2.24) is 4.90 Å². The van der Waals surface area contributed by atoms with E-state index in [2.05, 4.69) is 43.9 Å². The van der Waals surface area contributed by atoms with Gasteiger partial charge < -0.3 is 5.11 Å². The van der Waals surface area contributed by atoms with Crippen molar-refractivity contribution in [3.05, 3.63) is 23.8 Å². The van der Waals surface area contributed by atoms with Gasteiger partial charge in [-0.25, -0.2) is 0 Å². The summed E-state index contributed by atoms with van der Waals surface area (Å²) in [7, 11) is 0. The SMILES string of the molecule is CC1=CC(C)C(C)C(N2CCC(O)C2)C=C1. The number of aliphatic hydroxyl groups excluding tert-OH is 1. The normalized spacial score (nSPS) is 40.9. The molecule has 0 spiro atoms. The molecule has 2 heteroatoms. The molecule has 1 saturated heterocycles. The lowest BCUT2D eigenvalue weighted by Crippen LogP contribution is -2.39. The number of hydrogen-bond donors (Lipinski definition) is 1. The average Bonchev–Trinajstić information content (AvgIpc) is 2.59. The molecule has 0 aromatic carbocycles. The van der Waals surface area contributed by atoms with E-state index < -0.39 is 0 Å². The lowest BCUT2D eigenvalue weighted by molar-refractivity contribution is 0.147. The smallest absolute Gasteiger partial charge is 0.0679 e. The van der Waals surface area contributed by atoms with Crippen molar-refractivity contribution < 1.29 is 5.11 Å². The van der Waals surface area contributed by atoms with Gasteiger partial charge in [-0.1, -0.05) is 37.6 Å². The summed E-state index contributed by atoms with van der Waals surface area (Å²) in [5.41, 5.74) is 1.36. The van der Waals surface area contributed by atoms with Crippen molar-refractivity contribution in [2.75, 3.05) is 13.1 Å². The van der Waals surface area contributed by atoms with Gasteiger partial charge in [0.15, 0.2) is 0 Å². The molecule has 1 heterocycles. The van der Waals surface area contributed by atoms with Crippen molar-refractivity contribution in [2.45, 2.75) is 39.3 Å². The molecular weight excluding hydrogens is 198 g/mol. The van der Waals surface area contributed by atoms with Crippen LogP contribution in [0.2, 0.25) is 0 Å². The van der Waals surface area contributed by atoms with Crippen molar-refractivity contribution in [1.29, 1.82) is 0 Å². The van der Waals surface area contributed by atoms with Crippen molar-refractivity contribution >= 4 is 0 Å². The number of nitrogens with zero attached hydrogens (tertiary/aromatic N) is 1. The van der Waals surface area contributed by atoms with Gasteiger partial charge >= 0.3 is 0 Å². The molecule has 1 N–H and O–H groups in total. The van der Waals surface area contributed by atoms with Gasteiger partial charge in [0.25, 0.3) is 0 Å². The maximum Gasteiger partial charge on any atom is 0.0679 e. The summed E-state index contributed by atoms with van der Waals surface area (Å²) in [5, 5.41) is 9.63. The first-order valence-corrected chi connectivity index (χ1v) is 6.36. The van der Waals surface area contributed by atoms with Gasteiger partial charge in [-0.15, -0.1) is 0 Å². The number of aliphatic hydroxyl groups is 1. The third-order valence-electron chi connectivity index (χ3n) is 4.07. The molecule has 4 unspecified atom stereocenters. The molecule has 1 aliphatic heterocycles. The summed E-state index contributed by atoms with van der Waals surface area (Å²) in [4.78, 5) is 2.43. The molecule has 4 atom stereocenters. The van der Waals surface area contributed by atoms with E-state index in [1.165, 1.54) is 5.57 Å². The highest BCUT2D eigenvalue weighted by Crippen LogP contribution is 2.28. The van der Waals surface area contributed by atoms with E-state index in [0.717, 1.165) is 19.5 Å². The van der Waals surface area contributed by atoms with Crippen molar-refractivity contribution in [2.24, 2.45) is 11.8 Å². The van der Waals surface area contributed by atoms with Crippen LogP contribution in [0.5, 0.6) is 0 Å². The summed E-state index contributed by atoms with van der Waals surface area (Å²) < 4.78 is 0. The highest BCUT2D eigenvalue weighted by atomic mass is 16.3. The van der Waals surface area contributed by atoms with E-state index in [4.69, 9.17) is 0 Å². The fourth-order valence-corrected chi connectivity index (χ4v) is 2.85. The third kappa shape index (κ3) is 2.38. The molecule has 2 nitrogen and oxygen atoms in total. The molecular formula is C14H23NO. The van der Waals surface area contributed by atoms with Gasteiger partial charge in [0.05, 0.1) is 6.10 Å². The number of allylic oxidation sites excluding steroid dienone is 3. The van der Waals surface area contributed by atoms with Gasteiger partial charge in [-0.3, -0.25) is 4.90 Å². The minimum absolute atomic E-state index is 0.117. The average molecular weight is 221 g/mol. The Kier molecular flexibility index (Phi) is 3.50. The Morgan fingerprint density at radius 2 is 2.12 bits per heavy atom. The van der Waals surface area contributed by atoms with Gasteiger partial charge in [0.1, 0.15) is 0 Å². The molecule has 0 aromatic heterocycles. The summed E-state index contributed by atoms with van der Waals surface area (Å²) in [6.07, 6.45) is 7.71. The molecule has 0 aromatic rings. The zero-order valence-electron chi connectivity index (χ0n) is 10.6. The minimum Gasteiger partial charge on any atom is -0.392 e. The molecule has 2 rings (SSSR count). The molecule has 0 bridgehead atoms. The van der Waals surface area contributed by atoms with E-state index in [-0.39, 0.29) is 6.10 Å². The Balaban J connectivity index is 2.12. The second-order valence-electron chi connectivity index (χ2n) is 5.42. The monoisotopic (exact) mass is 221 g/mol. The lowest BCUT2D eigenvalue weighted by Gasteiger charge is -2.32. The summed E-state index contributed by atoms with van der Waals surface area (Å²) in [6.45, 7) is 8.65. The zero-order chi connectivity index (χ0) is 11.7. The predicted octanol–water partition coefficient (Wildman–Crippen LogP) is 2.21. The van der Waals surface area contributed by atoms with E-state index in [1.807, 2.05) is 0 Å². The standard InChI is InChI=1S/C14H23NO/c1-10-4-5-14(12(3)11(2)8-10)15-7-6-13(16)9-15/h4-5,8,11-14,16H,6-7,9H2,1-3H3. The zero-order valence-corrected chi connectivity index (χ0v) is 10.6. The number of likely N-dealkylation sites (tertiary alicyclic amines) is 1. The van der Waals surface area contributed by atoms with Crippen LogP contribution in [0.25, 0.3) is 0 Å². The molecule has 1 aliphatic carbocycles. The van der Waals surface area contributed by atoms with Crippen LogP contribution in [0, 0.1) is 11.8 Å². The van der Waals surface area contributed by atoms with Crippen molar-refractivity contribution in [3.8, 4) is 0 Å². The second-order valence-corrected chi connectivity index (χ2v) is 5.42. The topological polar surface area (TPSA) is 23.5 Å². The fraction of sp³-hybridized carbons (Fsp3) is 0.714. The quantitative estimate of drug-likeness (QED) is 0.734. The molecule has 0 saturated carbocycles. The maximum atomic E-state index is 9.63. The molecule has 1 fully saturated rings. The summed E-state index contributed by atoms with van der Waals surface area (Å²) in [6, 6.07) is 0.487. The van der Waals surface area contributed by atoms with Gasteiger partial charge in [-0.05, 0) is 25.2 Å². The first kappa shape index (κ1) is 11.9. The summed E-state index contributed by atoms with van der Waals surface area (Å²) >= 11 is 0. The van der Waals surface area contributed by atoms with E-state index in [1.54, 1.807) is 0 Å². The third-order valence-corrected chi connectivity index (χ3v) is 4.07. The van der Waals surface area contributed by atoms with Crippen LogP contribution in [0.1, 0.15) is 27.2 Å². The van der Waals surface area contributed by atoms with Crippen molar-refractivity contribution in [3.63, 3.8) is 0 Å². The number of rotatable bonds is 1. The fourth-order valence-electron chi connectivity index (χ4n) is 2.85.